The number of fused-ring (bicyclic) bond motifs is 1. The summed E-state index contributed by atoms with van der Waals surface area (Å²) in [5.74, 6) is 0.342. The van der Waals surface area contributed by atoms with Gasteiger partial charge < -0.3 is 10.1 Å². The number of aryl methyl sites for hydroxylation is 2. The number of anilines is 2. The highest BCUT2D eigenvalue weighted by Crippen LogP contribution is 2.36. The predicted molar refractivity (Wildman–Crippen MR) is 110 cm³/mol. The van der Waals surface area contributed by atoms with E-state index in [1.807, 2.05) is 50.2 Å². The van der Waals surface area contributed by atoms with Crippen LogP contribution in [-0.2, 0) is 0 Å². The van der Waals surface area contributed by atoms with E-state index < -0.39 is 4.92 Å². The third-order valence-corrected chi connectivity index (χ3v) is 4.32. The van der Waals surface area contributed by atoms with Gasteiger partial charge in [0, 0.05) is 11.1 Å². The van der Waals surface area contributed by atoms with Gasteiger partial charge in [-0.1, -0.05) is 35.9 Å². The van der Waals surface area contributed by atoms with Gasteiger partial charge in [-0.25, -0.2) is 4.98 Å². The number of hydrogen-bond acceptors (Lipinski definition) is 7. The summed E-state index contributed by atoms with van der Waals surface area (Å²) in [5, 5.41) is 15.7. The molecule has 4 rings (SSSR count). The van der Waals surface area contributed by atoms with E-state index in [4.69, 9.17) is 4.74 Å². The number of hydrogen-bond donors (Lipinski definition) is 1. The number of nitrogens with zero attached hydrogens (tertiary/aromatic N) is 4. The summed E-state index contributed by atoms with van der Waals surface area (Å²) in [6.45, 7) is 3.83. The maximum Gasteiger partial charge on any atom is 0.373 e. The van der Waals surface area contributed by atoms with Crippen molar-refractivity contribution in [3.63, 3.8) is 0 Å². The quantitative estimate of drug-likeness (QED) is 0.376. The van der Waals surface area contributed by atoms with E-state index in [1.165, 1.54) is 6.33 Å². The fourth-order valence-corrected chi connectivity index (χ4v) is 2.88. The van der Waals surface area contributed by atoms with Gasteiger partial charge in [0.05, 0.1) is 16.1 Å². The Kier molecular flexibility index (Phi) is 4.74. The van der Waals surface area contributed by atoms with Crippen molar-refractivity contribution in [2.24, 2.45) is 0 Å². The molecule has 144 valence electrons. The standard InChI is InChI=1S/C21H17N5O3/c1-13-6-10-16(11-7-13)29-21-19(26(27)28)20(22-12-23-21)25-17-5-3-4-15-9-8-14(2)24-18(15)17/h3-12H,1-2H3,(H,22,23,25). The highest BCUT2D eigenvalue weighted by Gasteiger charge is 2.25. The molecule has 0 unspecified atom stereocenters. The lowest BCUT2D eigenvalue weighted by molar-refractivity contribution is -0.385. The van der Waals surface area contributed by atoms with E-state index in [9.17, 15) is 10.1 Å². The van der Waals surface area contributed by atoms with E-state index in [-0.39, 0.29) is 17.4 Å². The Morgan fingerprint density at radius 3 is 2.55 bits per heavy atom. The Labute approximate surface area is 166 Å². The first-order valence-corrected chi connectivity index (χ1v) is 8.88. The minimum absolute atomic E-state index is 0.0305. The Hall–Kier alpha value is -4.07. The van der Waals surface area contributed by atoms with Crippen LogP contribution in [0.5, 0.6) is 11.6 Å². The van der Waals surface area contributed by atoms with Gasteiger partial charge in [-0.2, -0.15) is 4.98 Å². The minimum atomic E-state index is -0.560. The van der Waals surface area contributed by atoms with Gasteiger partial charge in [-0.15, -0.1) is 0 Å². The number of nitrogens with one attached hydrogen (secondary N) is 1. The topological polar surface area (TPSA) is 103 Å². The van der Waals surface area contributed by atoms with Crippen molar-refractivity contribution in [1.29, 1.82) is 0 Å². The Morgan fingerprint density at radius 2 is 1.79 bits per heavy atom. The zero-order valence-corrected chi connectivity index (χ0v) is 15.8. The Balaban J connectivity index is 1.76. The number of aromatic nitrogens is 3. The molecule has 0 aliphatic heterocycles. The second kappa shape index (κ2) is 7.51. The normalized spacial score (nSPS) is 10.7. The van der Waals surface area contributed by atoms with Gasteiger partial charge >= 0.3 is 11.6 Å². The number of nitro groups is 1. The van der Waals surface area contributed by atoms with Gasteiger partial charge in [0.2, 0.25) is 5.82 Å². The minimum Gasteiger partial charge on any atom is -0.434 e. The molecular weight excluding hydrogens is 370 g/mol. The number of ether oxygens (including phenoxy) is 1. The average Bonchev–Trinajstić information content (AvgIpc) is 2.70. The molecule has 8 nitrogen and oxygen atoms in total. The summed E-state index contributed by atoms with van der Waals surface area (Å²) in [7, 11) is 0. The lowest BCUT2D eigenvalue weighted by atomic mass is 10.1. The van der Waals surface area contributed by atoms with E-state index >= 15 is 0 Å². The predicted octanol–water partition coefficient (Wildman–Crippen LogP) is 5.09. The van der Waals surface area contributed by atoms with E-state index in [0.717, 1.165) is 16.6 Å². The molecule has 0 fully saturated rings. The van der Waals surface area contributed by atoms with Crippen molar-refractivity contribution < 1.29 is 9.66 Å². The van der Waals surface area contributed by atoms with Gasteiger partial charge in [0.15, 0.2) is 0 Å². The fraction of sp³-hybridized carbons (Fsp3) is 0.0952. The van der Waals surface area contributed by atoms with Crippen LogP contribution in [0.1, 0.15) is 11.3 Å². The summed E-state index contributed by atoms with van der Waals surface area (Å²) >= 11 is 0. The van der Waals surface area contributed by atoms with Gasteiger partial charge in [0.1, 0.15) is 12.1 Å². The number of benzene rings is 2. The molecule has 29 heavy (non-hydrogen) atoms. The molecule has 0 amide bonds. The zero-order chi connectivity index (χ0) is 20.4. The summed E-state index contributed by atoms with van der Waals surface area (Å²) in [4.78, 5) is 23.8. The lowest BCUT2D eigenvalue weighted by Crippen LogP contribution is -2.04. The van der Waals surface area contributed by atoms with E-state index in [1.54, 1.807) is 18.2 Å². The molecule has 8 heteroatoms. The van der Waals surface area contributed by atoms with E-state index in [0.29, 0.717) is 17.0 Å². The first kappa shape index (κ1) is 18.3. The van der Waals surface area contributed by atoms with Crippen LogP contribution in [0.4, 0.5) is 17.2 Å². The van der Waals surface area contributed by atoms with Crippen molar-refractivity contribution in [2.75, 3.05) is 5.32 Å². The van der Waals surface area contributed by atoms with Crippen LogP contribution in [0.15, 0.2) is 60.9 Å². The van der Waals surface area contributed by atoms with Crippen molar-refractivity contribution >= 4 is 28.1 Å². The third-order valence-electron chi connectivity index (χ3n) is 4.32. The maximum atomic E-state index is 11.8. The van der Waals surface area contributed by atoms with Crippen molar-refractivity contribution in [3.05, 3.63) is 82.3 Å². The highest BCUT2D eigenvalue weighted by atomic mass is 16.6. The molecule has 4 aromatic rings. The molecule has 2 aromatic carbocycles. The molecule has 2 aromatic heterocycles. The molecule has 0 saturated heterocycles. The molecule has 0 saturated carbocycles. The van der Waals surface area contributed by atoms with Crippen LogP contribution in [-0.4, -0.2) is 19.9 Å². The smallest absolute Gasteiger partial charge is 0.373 e. The summed E-state index contributed by atoms with van der Waals surface area (Å²) in [6, 6.07) is 16.6. The molecule has 0 radical (unpaired) electrons. The number of rotatable bonds is 5. The molecule has 1 N–H and O–H groups in total. The van der Waals surface area contributed by atoms with E-state index in [2.05, 4.69) is 20.3 Å². The summed E-state index contributed by atoms with van der Waals surface area (Å²) < 4.78 is 5.66. The summed E-state index contributed by atoms with van der Waals surface area (Å²) in [5.41, 5.74) is 2.84. The molecule has 2 heterocycles. The lowest BCUT2D eigenvalue weighted by Gasteiger charge is -2.11. The Morgan fingerprint density at radius 1 is 1.00 bits per heavy atom. The van der Waals surface area contributed by atoms with Crippen LogP contribution in [0.3, 0.4) is 0 Å². The first-order chi connectivity index (χ1) is 14.0. The van der Waals surface area contributed by atoms with Crippen molar-refractivity contribution in [1.82, 2.24) is 15.0 Å². The fourth-order valence-electron chi connectivity index (χ4n) is 2.88. The molecule has 0 aliphatic rings. The number of para-hydroxylation sites is 1. The molecule has 0 bridgehead atoms. The van der Waals surface area contributed by atoms with Crippen molar-refractivity contribution in [2.45, 2.75) is 13.8 Å². The zero-order valence-electron chi connectivity index (χ0n) is 15.8. The molecule has 0 spiro atoms. The van der Waals surface area contributed by atoms with Gasteiger partial charge in [0.25, 0.3) is 0 Å². The molecule has 0 aliphatic carbocycles. The largest absolute Gasteiger partial charge is 0.434 e. The van der Waals surface area contributed by atoms with Crippen molar-refractivity contribution in [3.8, 4) is 11.6 Å². The highest BCUT2D eigenvalue weighted by molar-refractivity contribution is 5.92. The summed E-state index contributed by atoms with van der Waals surface area (Å²) in [6.07, 6.45) is 1.22. The second-order valence-corrected chi connectivity index (χ2v) is 6.50. The van der Waals surface area contributed by atoms with Gasteiger partial charge in [-0.3, -0.25) is 15.1 Å². The molecular formula is C21H17N5O3. The third kappa shape index (κ3) is 3.81. The first-order valence-electron chi connectivity index (χ1n) is 8.88. The maximum absolute atomic E-state index is 11.8. The molecule has 0 atom stereocenters. The second-order valence-electron chi connectivity index (χ2n) is 6.50. The number of pyridine rings is 1. The van der Waals surface area contributed by atoms with Crippen LogP contribution < -0.4 is 10.1 Å². The Bertz CT molecular complexity index is 1210. The monoisotopic (exact) mass is 387 g/mol. The van der Waals surface area contributed by atoms with Gasteiger partial charge in [-0.05, 0) is 38.1 Å². The average molecular weight is 387 g/mol. The SMILES string of the molecule is Cc1ccc(Oc2ncnc(Nc3cccc4ccc(C)nc34)c2[N+](=O)[O-])cc1. The van der Waals surface area contributed by atoms with Crippen LogP contribution in [0, 0.1) is 24.0 Å². The van der Waals surface area contributed by atoms with Crippen LogP contribution in [0.2, 0.25) is 0 Å². The van der Waals surface area contributed by atoms with Crippen LogP contribution in [0.25, 0.3) is 10.9 Å². The van der Waals surface area contributed by atoms with Crippen LogP contribution >= 0.6 is 0 Å².